The van der Waals surface area contributed by atoms with Gasteiger partial charge >= 0.3 is 12.1 Å². The average molecular weight is 285 g/mol. The fourth-order valence-corrected chi connectivity index (χ4v) is 2.03. The number of hydrogen-bond acceptors (Lipinski definition) is 2. The lowest BCUT2D eigenvalue weighted by atomic mass is 10.2. The molecule has 1 aromatic carbocycles. The van der Waals surface area contributed by atoms with Crippen molar-refractivity contribution < 1.29 is 23.1 Å². The highest BCUT2D eigenvalue weighted by Crippen LogP contribution is 2.33. The molecule has 1 heterocycles. The van der Waals surface area contributed by atoms with Gasteiger partial charge in [0.25, 0.3) is 0 Å². The molecule has 0 radical (unpaired) electrons. The Bertz CT molecular complexity index is 617. The van der Waals surface area contributed by atoms with Crippen LogP contribution >= 0.6 is 0 Å². The van der Waals surface area contributed by atoms with Crippen LogP contribution in [0.1, 0.15) is 12.5 Å². The topological polar surface area (TPSA) is 49.7 Å². The van der Waals surface area contributed by atoms with Crippen LogP contribution in [0.5, 0.6) is 0 Å². The van der Waals surface area contributed by atoms with E-state index in [0.717, 1.165) is 12.1 Å². The molecule has 0 spiro atoms. The van der Waals surface area contributed by atoms with Gasteiger partial charge in [-0.3, -0.25) is 0 Å². The summed E-state index contributed by atoms with van der Waals surface area (Å²) in [6, 6.07) is 4.49. The molecular formula is C13H12F3N2O2+. The van der Waals surface area contributed by atoms with E-state index < -0.39 is 17.7 Å². The van der Waals surface area contributed by atoms with Crippen molar-refractivity contribution in [3.63, 3.8) is 0 Å². The number of halogens is 3. The molecule has 0 fully saturated rings. The zero-order valence-electron chi connectivity index (χ0n) is 10.8. The third kappa shape index (κ3) is 2.44. The molecule has 1 aliphatic rings. The molecule has 1 atom stereocenters. The molecule has 4 nitrogen and oxygen atoms in total. The number of carbonyl (C=O) groups is 1. The van der Waals surface area contributed by atoms with Crippen LogP contribution in [-0.2, 0) is 11.0 Å². The summed E-state index contributed by atoms with van der Waals surface area (Å²) in [6.07, 6.45) is -3.01. The summed E-state index contributed by atoms with van der Waals surface area (Å²) in [6.45, 7) is 1.55. The van der Waals surface area contributed by atoms with Crippen LogP contribution in [-0.4, -0.2) is 23.8 Å². The summed E-state index contributed by atoms with van der Waals surface area (Å²) in [4.78, 5) is 11.0. The molecule has 1 unspecified atom stereocenters. The average Bonchev–Trinajstić information content (AvgIpc) is 2.65. The maximum Gasteiger partial charge on any atom is 0.416 e. The Morgan fingerprint density at radius 3 is 2.20 bits per heavy atom. The number of carboxylic acid groups (broad SMARTS) is 1. The molecule has 0 aliphatic carbocycles. The lowest BCUT2D eigenvalue weighted by Gasteiger charge is -2.20. The first-order valence-electron chi connectivity index (χ1n) is 5.71. The standard InChI is InChI=1S/C13H11F3N2O2/c1-8-11(12(19)20)7-18(2,17-8)10-5-3-9(4-6-10)13(14,15)16/h3-7H,1-2H3/p+1. The Labute approximate surface area is 113 Å². The van der Waals surface area contributed by atoms with E-state index in [0.29, 0.717) is 11.4 Å². The number of hydrogen-bond donors (Lipinski definition) is 1. The highest BCUT2D eigenvalue weighted by atomic mass is 19.4. The van der Waals surface area contributed by atoms with Gasteiger partial charge in [0, 0.05) is 12.1 Å². The Morgan fingerprint density at radius 1 is 1.25 bits per heavy atom. The minimum absolute atomic E-state index is 0.0485. The van der Waals surface area contributed by atoms with Crippen LogP contribution in [0.3, 0.4) is 0 Å². The van der Waals surface area contributed by atoms with Crippen molar-refractivity contribution in [1.29, 1.82) is 0 Å². The molecule has 7 heteroatoms. The van der Waals surface area contributed by atoms with Gasteiger partial charge in [0.15, 0.2) is 5.69 Å². The number of alkyl halides is 3. The number of carboxylic acids is 1. The number of quaternary nitrogens is 1. The van der Waals surface area contributed by atoms with Gasteiger partial charge in [-0.05, 0) is 19.1 Å². The lowest BCUT2D eigenvalue weighted by Crippen LogP contribution is -2.30. The molecule has 0 aromatic heterocycles. The van der Waals surface area contributed by atoms with E-state index in [1.165, 1.54) is 18.3 Å². The van der Waals surface area contributed by atoms with Crippen molar-refractivity contribution in [3.8, 4) is 0 Å². The minimum atomic E-state index is -4.40. The second-order valence-electron chi connectivity index (χ2n) is 4.60. The van der Waals surface area contributed by atoms with Gasteiger partial charge in [-0.1, -0.05) is 5.10 Å². The molecule has 0 saturated carbocycles. The van der Waals surface area contributed by atoms with E-state index in [2.05, 4.69) is 5.10 Å². The third-order valence-corrected chi connectivity index (χ3v) is 3.08. The van der Waals surface area contributed by atoms with Gasteiger partial charge in [-0.15, -0.1) is 4.59 Å². The highest BCUT2D eigenvalue weighted by Gasteiger charge is 2.36. The normalized spacial score (nSPS) is 22.4. The van der Waals surface area contributed by atoms with Crippen molar-refractivity contribution in [1.82, 2.24) is 4.59 Å². The molecule has 1 aromatic rings. The van der Waals surface area contributed by atoms with Gasteiger partial charge in [0.1, 0.15) is 24.5 Å². The molecule has 2 rings (SSSR count). The zero-order chi connectivity index (χ0) is 15.1. The van der Waals surface area contributed by atoms with Crippen molar-refractivity contribution in [2.24, 2.45) is 5.10 Å². The van der Waals surface area contributed by atoms with Gasteiger partial charge in [0.2, 0.25) is 0 Å². The fraction of sp³-hybridized carbons (Fsp3) is 0.231. The number of aliphatic carboxylic acids is 1. The summed E-state index contributed by atoms with van der Waals surface area (Å²) < 4.78 is 37.3. The predicted octanol–water partition coefficient (Wildman–Crippen LogP) is 3.00. The van der Waals surface area contributed by atoms with Crippen molar-refractivity contribution in [2.75, 3.05) is 7.05 Å². The first-order valence-corrected chi connectivity index (χ1v) is 5.71. The third-order valence-electron chi connectivity index (χ3n) is 3.08. The summed E-state index contributed by atoms with van der Waals surface area (Å²) in [5.74, 6) is -1.11. The maximum absolute atomic E-state index is 12.5. The summed E-state index contributed by atoms with van der Waals surface area (Å²) in [7, 11) is 1.60. The van der Waals surface area contributed by atoms with E-state index >= 15 is 0 Å². The van der Waals surface area contributed by atoms with Crippen molar-refractivity contribution >= 4 is 17.4 Å². The fourth-order valence-electron chi connectivity index (χ4n) is 2.03. The second kappa shape index (κ2) is 4.45. The Morgan fingerprint density at radius 2 is 1.80 bits per heavy atom. The Hall–Kier alpha value is -2.15. The van der Waals surface area contributed by atoms with Gasteiger partial charge in [0.05, 0.1) is 5.56 Å². The Balaban J connectivity index is 2.41. The quantitative estimate of drug-likeness (QED) is 0.849. The highest BCUT2D eigenvalue weighted by molar-refractivity contribution is 6.19. The van der Waals surface area contributed by atoms with Crippen LogP contribution < -0.4 is 4.59 Å². The molecule has 106 valence electrons. The number of rotatable bonds is 2. The van der Waals surface area contributed by atoms with Gasteiger partial charge in [-0.25, -0.2) is 4.79 Å². The van der Waals surface area contributed by atoms with Crippen molar-refractivity contribution in [2.45, 2.75) is 13.1 Å². The molecule has 1 N–H and O–H groups in total. The molecule has 0 saturated heterocycles. The smallest absolute Gasteiger partial charge is 0.416 e. The van der Waals surface area contributed by atoms with Gasteiger partial charge < -0.3 is 5.11 Å². The lowest BCUT2D eigenvalue weighted by molar-refractivity contribution is -0.137. The number of nitrogens with zero attached hydrogens (tertiary/aromatic N) is 2. The van der Waals surface area contributed by atoms with E-state index in [-0.39, 0.29) is 10.2 Å². The largest absolute Gasteiger partial charge is 0.477 e. The first-order chi connectivity index (χ1) is 9.13. The molecule has 20 heavy (non-hydrogen) atoms. The SMILES string of the molecule is CC1=N[N+](C)(c2ccc(C(F)(F)F)cc2)C=C1C(=O)O. The molecule has 1 aliphatic heterocycles. The van der Waals surface area contributed by atoms with Crippen LogP contribution in [0.2, 0.25) is 0 Å². The molecule has 0 bridgehead atoms. The van der Waals surface area contributed by atoms with E-state index in [9.17, 15) is 18.0 Å². The van der Waals surface area contributed by atoms with E-state index in [1.54, 1.807) is 14.0 Å². The van der Waals surface area contributed by atoms with Crippen LogP contribution in [0.25, 0.3) is 0 Å². The van der Waals surface area contributed by atoms with Crippen LogP contribution in [0.4, 0.5) is 18.9 Å². The van der Waals surface area contributed by atoms with E-state index in [4.69, 9.17) is 5.11 Å². The Kier molecular flexibility index (Phi) is 3.17. The van der Waals surface area contributed by atoms with Crippen molar-refractivity contribution in [3.05, 3.63) is 41.6 Å². The summed E-state index contributed by atoms with van der Waals surface area (Å²) >= 11 is 0. The first kappa shape index (κ1) is 14.3. The minimum Gasteiger partial charge on any atom is -0.477 e. The predicted molar refractivity (Wildman–Crippen MR) is 68.0 cm³/mol. The summed E-state index contributed by atoms with van der Waals surface area (Å²) in [5.41, 5.74) is 0.0797. The monoisotopic (exact) mass is 285 g/mol. The zero-order valence-corrected chi connectivity index (χ0v) is 10.8. The number of benzene rings is 1. The summed E-state index contributed by atoms with van der Waals surface area (Å²) in [5, 5.41) is 13.2. The van der Waals surface area contributed by atoms with Gasteiger partial charge in [-0.2, -0.15) is 13.2 Å². The van der Waals surface area contributed by atoms with Crippen LogP contribution in [0, 0.1) is 0 Å². The van der Waals surface area contributed by atoms with E-state index in [1.807, 2.05) is 0 Å². The van der Waals surface area contributed by atoms with Crippen LogP contribution in [0.15, 0.2) is 41.1 Å². The molecule has 0 amide bonds. The maximum atomic E-state index is 12.5. The second-order valence-corrected chi connectivity index (χ2v) is 4.60. The molecular weight excluding hydrogens is 273 g/mol.